The number of carbonyl (C=O) groups excluding carboxylic acids is 1. The topological polar surface area (TPSA) is 79.5 Å². The fourth-order valence-corrected chi connectivity index (χ4v) is 3.39. The van der Waals surface area contributed by atoms with Gasteiger partial charge in [0.15, 0.2) is 0 Å². The summed E-state index contributed by atoms with van der Waals surface area (Å²) in [7, 11) is 0. The van der Waals surface area contributed by atoms with Gasteiger partial charge in [0.2, 0.25) is 0 Å². The molecular weight excluding hydrogens is 318 g/mol. The first-order valence-corrected chi connectivity index (χ1v) is 8.19. The minimum absolute atomic E-state index is 0.0507. The molecule has 1 aliphatic carbocycles. The number of carbonyl (C=O) groups is 1. The van der Waals surface area contributed by atoms with Crippen molar-refractivity contribution in [1.82, 2.24) is 5.32 Å². The second-order valence-electron chi connectivity index (χ2n) is 6.36. The SMILES string of the molecule is O=C(NC[C@@]1(O)CCc2ccccc21)c1cc2ccccc2oc1=O. The van der Waals surface area contributed by atoms with E-state index in [9.17, 15) is 14.7 Å². The Bertz CT molecular complexity index is 1020. The van der Waals surface area contributed by atoms with Crippen molar-refractivity contribution in [1.29, 1.82) is 0 Å². The molecule has 1 atom stereocenters. The predicted molar refractivity (Wildman–Crippen MR) is 93.5 cm³/mol. The molecule has 0 saturated heterocycles. The molecule has 1 aromatic heterocycles. The second kappa shape index (κ2) is 5.86. The molecule has 0 spiro atoms. The monoisotopic (exact) mass is 335 g/mol. The summed E-state index contributed by atoms with van der Waals surface area (Å²) in [6.45, 7) is 0.0507. The average molecular weight is 335 g/mol. The molecule has 126 valence electrons. The normalized spacial score (nSPS) is 18.9. The first-order valence-electron chi connectivity index (χ1n) is 8.19. The highest BCUT2D eigenvalue weighted by atomic mass is 16.4. The van der Waals surface area contributed by atoms with Gasteiger partial charge in [-0.05, 0) is 36.1 Å². The minimum atomic E-state index is -1.11. The summed E-state index contributed by atoms with van der Waals surface area (Å²) in [4.78, 5) is 24.5. The van der Waals surface area contributed by atoms with Crippen molar-refractivity contribution in [2.75, 3.05) is 6.54 Å². The quantitative estimate of drug-likeness (QED) is 0.720. The smallest absolute Gasteiger partial charge is 0.349 e. The lowest BCUT2D eigenvalue weighted by Gasteiger charge is -2.24. The summed E-state index contributed by atoms with van der Waals surface area (Å²) < 4.78 is 5.19. The summed E-state index contributed by atoms with van der Waals surface area (Å²) >= 11 is 0. The van der Waals surface area contributed by atoms with E-state index in [1.807, 2.05) is 30.3 Å². The van der Waals surface area contributed by atoms with E-state index in [-0.39, 0.29) is 12.1 Å². The van der Waals surface area contributed by atoms with Crippen LogP contribution in [-0.4, -0.2) is 17.6 Å². The van der Waals surface area contributed by atoms with Crippen LogP contribution in [0.25, 0.3) is 11.0 Å². The number of benzene rings is 2. The lowest BCUT2D eigenvalue weighted by atomic mass is 9.96. The molecule has 0 unspecified atom stereocenters. The van der Waals surface area contributed by atoms with Gasteiger partial charge in [0.1, 0.15) is 16.7 Å². The lowest BCUT2D eigenvalue weighted by molar-refractivity contribution is 0.0369. The van der Waals surface area contributed by atoms with Crippen LogP contribution in [0.3, 0.4) is 0 Å². The largest absolute Gasteiger partial charge is 0.422 e. The second-order valence-corrected chi connectivity index (χ2v) is 6.36. The van der Waals surface area contributed by atoms with Gasteiger partial charge in [-0.3, -0.25) is 4.79 Å². The third-order valence-electron chi connectivity index (χ3n) is 4.75. The van der Waals surface area contributed by atoms with E-state index in [4.69, 9.17) is 4.42 Å². The van der Waals surface area contributed by atoms with Crippen molar-refractivity contribution in [3.05, 3.63) is 81.7 Å². The van der Waals surface area contributed by atoms with Crippen LogP contribution in [0.4, 0.5) is 0 Å². The summed E-state index contributed by atoms with van der Waals surface area (Å²) in [5.41, 5.74) is 0.504. The van der Waals surface area contributed by atoms with Crippen molar-refractivity contribution < 1.29 is 14.3 Å². The molecule has 25 heavy (non-hydrogen) atoms. The average Bonchev–Trinajstić information content (AvgIpc) is 2.97. The number of fused-ring (bicyclic) bond motifs is 2. The Labute approximate surface area is 143 Å². The fourth-order valence-electron chi connectivity index (χ4n) is 3.39. The molecule has 0 radical (unpaired) electrons. The van der Waals surface area contributed by atoms with Crippen molar-refractivity contribution in [3.8, 4) is 0 Å². The molecule has 5 heteroatoms. The molecule has 1 aliphatic rings. The summed E-state index contributed by atoms with van der Waals surface area (Å²) in [5, 5.41) is 14.2. The van der Waals surface area contributed by atoms with Crippen molar-refractivity contribution >= 4 is 16.9 Å². The van der Waals surface area contributed by atoms with Crippen molar-refractivity contribution in [2.24, 2.45) is 0 Å². The third-order valence-corrected chi connectivity index (χ3v) is 4.75. The van der Waals surface area contributed by atoms with Crippen molar-refractivity contribution in [2.45, 2.75) is 18.4 Å². The highest BCUT2D eigenvalue weighted by Crippen LogP contribution is 2.36. The van der Waals surface area contributed by atoms with Gasteiger partial charge in [0, 0.05) is 5.39 Å². The van der Waals surface area contributed by atoms with Crippen molar-refractivity contribution in [3.63, 3.8) is 0 Å². The maximum absolute atomic E-state index is 12.4. The minimum Gasteiger partial charge on any atom is -0.422 e. The number of hydrogen-bond acceptors (Lipinski definition) is 4. The summed E-state index contributed by atoms with van der Waals surface area (Å²) in [5.74, 6) is -0.544. The van der Waals surface area contributed by atoms with Crippen LogP contribution in [0, 0.1) is 0 Å². The molecule has 2 N–H and O–H groups in total. The Morgan fingerprint density at radius 3 is 2.80 bits per heavy atom. The van der Waals surface area contributed by atoms with Gasteiger partial charge < -0.3 is 14.8 Å². The molecule has 5 nitrogen and oxygen atoms in total. The molecule has 0 saturated carbocycles. The van der Waals surface area contributed by atoms with Gasteiger partial charge in [0.05, 0.1) is 6.54 Å². The van der Waals surface area contributed by atoms with Crippen LogP contribution in [0.5, 0.6) is 0 Å². The molecule has 1 amide bonds. The number of hydrogen-bond donors (Lipinski definition) is 2. The number of para-hydroxylation sites is 1. The zero-order valence-corrected chi connectivity index (χ0v) is 13.5. The molecule has 0 fully saturated rings. The number of rotatable bonds is 3. The van der Waals surface area contributed by atoms with Gasteiger partial charge in [0.25, 0.3) is 5.91 Å². The van der Waals surface area contributed by atoms with E-state index in [2.05, 4.69) is 5.32 Å². The zero-order valence-electron chi connectivity index (χ0n) is 13.5. The lowest BCUT2D eigenvalue weighted by Crippen LogP contribution is -2.40. The number of amides is 1. The molecule has 2 aromatic carbocycles. The maximum atomic E-state index is 12.4. The standard InChI is InChI=1S/C20H17NO4/c22-18(15-11-14-6-2-4-8-17(14)25-19(15)23)21-12-20(24)10-9-13-5-1-3-7-16(13)20/h1-8,11,24H,9-10,12H2,(H,21,22)/t20-/m0/s1. The Hall–Kier alpha value is -2.92. The van der Waals surface area contributed by atoms with Gasteiger partial charge in [-0.1, -0.05) is 42.5 Å². The van der Waals surface area contributed by atoms with Gasteiger partial charge in [-0.25, -0.2) is 4.79 Å². The van der Waals surface area contributed by atoms with Crippen LogP contribution in [0.15, 0.2) is 63.8 Å². The Kier molecular flexibility index (Phi) is 3.66. The fraction of sp³-hybridized carbons (Fsp3) is 0.200. The van der Waals surface area contributed by atoms with E-state index in [1.165, 1.54) is 6.07 Å². The van der Waals surface area contributed by atoms with Gasteiger partial charge in [-0.2, -0.15) is 0 Å². The zero-order chi connectivity index (χ0) is 17.4. The van der Waals surface area contributed by atoms with E-state index in [0.717, 1.165) is 17.5 Å². The predicted octanol–water partition coefficient (Wildman–Crippen LogP) is 2.36. The van der Waals surface area contributed by atoms with Crippen LogP contribution in [-0.2, 0) is 12.0 Å². The van der Waals surface area contributed by atoms with E-state index in [0.29, 0.717) is 17.4 Å². The Balaban J connectivity index is 1.57. The van der Waals surface area contributed by atoms with Crippen LogP contribution < -0.4 is 10.9 Å². The molecular formula is C20H17NO4. The van der Waals surface area contributed by atoms with Gasteiger partial charge >= 0.3 is 5.63 Å². The maximum Gasteiger partial charge on any atom is 0.349 e. The molecule has 1 heterocycles. The number of aryl methyl sites for hydroxylation is 1. The highest BCUT2D eigenvalue weighted by Gasteiger charge is 2.36. The van der Waals surface area contributed by atoms with Crippen LogP contribution >= 0.6 is 0 Å². The molecule has 3 aromatic rings. The highest BCUT2D eigenvalue weighted by molar-refractivity contribution is 5.96. The Morgan fingerprint density at radius 1 is 1.16 bits per heavy atom. The molecule has 0 aliphatic heterocycles. The Morgan fingerprint density at radius 2 is 1.92 bits per heavy atom. The molecule has 0 bridgehead atoms. The van der Waals surface area contributed by atoms with Gasteiger partial charge in [-0.15, -0.1) is 0 Å². The number of aliphatic hydroxyl groups is 1. The first-order chi connectivity index (χ1) is 12.1. The van der Waals surface area contributed by atoms with Crippen LogP contribution in [0.1, 0.15) is 27.9 Å². The molecule has 4 rings (SSSR count). The van der Waals surface area contributed by atoms with E-state index in [1.54, 1.807) is 18.2 Å². The first kappa shape index (κ1) is 15.6. The summed E-state index contributed by atoms with van der Waals surface area (Å²) in [6, 6.07) is 16.2. The third kappa shape index (κ3) is 2.72. The summed E-state index contributed by atoms with van der Waals surface area (Å²) in [6.07, 6.45) is 1.31. The van der Waals surface area contributed by atoms with E-state index < -0.39 is 17.1 Å². The van der Waals surface area contributed by atoms with E-state index >= 15 is 0 Å². The van der Waals surface area contributed by atoms with Crippen LogP contribution in [0.2, 0.25) is 0 Å². The number of nitrogens with one attached hydrogen (secondary N) is 1.